The average molecular weight is 587 g/mol. The molecule has 0 aliphatic heterocycles. The Morgan fingerprint density at radius 2 is 1.12 bits per heavy atom. The summed E-state index contributed by atoms with van der Waals surface area (Å²) in [4.78, 5) is 62.6. The van der Waals surface area contributed by atoms with Crippen LogP contribution in [0.25, 0.3) is 0 Å². The molecule has 2 aromatic rings. The van der Waals surface area contributed by atoms with Crippen LogP contribution in [0.4, 0.5) is 0 Å². The first-order valence-electron chi connectivity index (χ1n) is 13.2. The maximum atomic E-state index is 12.7. The molecule has 0 spiro atoms. The van der Waals surface area contributed by atoms with Crippen LogP contribution in [0.2, 0.25) is 0 Å². The number of amides is 5. The van der Waals surface area contributed by atoms with Crippen LogP contribution in [0.1, 0.15) is 11.1 Å². The van der Waals surface area contributed by atoms with Gasteiger partial charge in [-0.1, -0.05) is 42.5 Å². The third-order valence-electron chi connectivity index (χ3n) is 6.31. The minimum atomic E-state index is -1.43. The smallest absolute Gasteiger partial charge is 0.251 e. The van der Waals surface area contributed by atoms with Crippen LogP contribution in [-0.4, -0.2) is 103 Å². The molecule has 0 saturated heterocycles. The van der Waals surface area contributed by atoms with Crippen LogP contribution in [0.3, 0.4) is 0 Å². The quantitative estimate of drug-likeness (QED) is 0.0975. The topological polar surface area (TPSA) is 218 Å². The monoisotopic (exact) mass is 586 g/mol. The third kappa shape index (κ3) is 10.9. The van der Waals surface area contributed by atoms with Crippen molar-refractivity contribution in [1.29, 1.82) is 0 Å². The number of aliphatic hydroxyl groups is 2. The molecular formula is C28H38N6O8. The fraction of sp³-hybridized carbons (Fsp3) is 0.393. The molecule has 9 N–H and O–H groups in total. The predicted molar refractivity (Wildman–Crippen MR) is 152 cm³/mol. The number of carbonyl (C=O) groups is 5. The molecule has 0 aliphatic carbocycles. The van der Waals surface area contributed by atoms with Gasteiger partial charge in [0.1, 0.15) is 17.8 Å². The number of aliphatic hydroxyl groups excluding tert-OH is 2. The van der Waals surface area contributed by atoms with Crippen molar-refractivity contribution < 1.29 is 39.3 Å². The predicted octanol–water partition coefficient (Wildman–Crippen LogP) is -2.93. The Kier molecular flexibility index (Phi) is 14.1. The molecule has 0 aromatic heterocycles. The lowest BCUT2D eigenvalue weighted by molar-refractivity contribution is -0.136. The molecule has 0 heterocycles. The summed E-state index contributed by atoms with van der Waals surface area (Å²) >= 11 is 0. The highest BCUT2D eigenvalue weighted by atomic mass is 16.3. The zero-order valence-electron chi connectivity index (χ0n) is 23.4. The molecule has 0 aliphatic rings. The second-order valence-corrected chi connectivity index (χ2v) is 9.36. The van der Waals surface area contributed by atoms with Gasteiger partial charge >= 0.3 is 0 Å². The van der Waals surface area contributed by atoms with E-state index in [-0.39, 0.29) is 12.2 Å². The zero-order valence-corrected chi connectivity index (χ0v) is 23.4. The number of likely N-dealkylation sites (N-methyl/N-ethyl adjacent to an activating group) is 2. The van der Waals surface area contributed by atoms with Crippen LogP contribution in [0, 0.1) is 0 Å². The largest absolute Gasteiger partial charge is 0.508 e. The highest BCUT2D eigenvalue weighted by Gasteiger charge is 2.27. The van der Waals surface area contributed by atoms with Crippen molar-refractivity contribution in [3.63, 3.8) is 0 Å². The summed E-state index contributed by atoms with van der Waals surface area (Å²) in [5, 5.41) is 43.3. The van der Waals surface area contributed by atoms with Gasteiger partial charge in [-0.2, -0.15) is 0 Å². The molecule has 4 atom stereocenters. The molecule has 0 unspecified atom stereocenters. The van der Waals surface area contributed by atoms with E-state index >= 15 is 0 Å². The van der Waals surface area contributed by atoms with Crippen molar-refractivity contribution >= 4 is 29.5 Å². The molecule has 0 radical (unpaired) electrons. The molecule has 14 heteroatoms. The van der Waals surface area contributed by atoms with E-state index in [2.05, 4.69) is 26.6 Å². The number of phenolic OH excluding ortho intramolecular Hbond substituents is 1. The van der Waals surface area contributed by atoms with Crippen LogP contribution < -0.4 is 31.9 Å². The Bertz CT molecular complexity index is 1190. The summed E-state index contributed by atoms with van der Waals surface area (Å²) < 4.78 is 0. The molecule has 2 rings (SSSR count). The molecule has 0 saturated carbocycles. The van der Waals surface area contributed by atoms with Crippen LogP contribution in [0.15, 0.2) is 54.6 Å². The molecule has 2 aromatic carbocycles. The fourth-order valence-corrected chi connectivity index (χ4v) is 3.86. The minimum absolute atomic E-state index is 0.0739. The number of hydrogen-bond acceptors (Lipinski definition) is 10. The summed E-state index contributed by atoms with van der Waals surface area (Å²) in [5.41, 5.74) is 1.61. The first-order valence-corrected chi connectivity index (χ1v) is 13.2. The Balaban J connectivity index is 1.85. The highest BCUT2D eigenvalue weighted by Crippen LogP contribution is 2.11. The van der Waals surface area contributed by atoms with Crippen molar-refractivity contribution in [1.82, 2.24) is 31.9 Å². The van der Waals surface area contributed by atoms with Crippen molar-refractivity contribution in [2.45, 2.75) is 37.0 Å². The van der Waals surface area contributed by atoms with Gasteiger partial charge in [-0.3, -0.25) is 29.3 Å². The van der Waals surface area contributed by atoms with Crippen molar-refractivity contribution in [2.75, 3.05) is 33.9 Å². The van der Waals surface area contributed by atoms with Crippen LogP contribution >= 0.6 is 0 Å². The molecular weight excluding hydrogens is 548 g/mol. The van der Waals surface area contributed by atoms with E-state index in [4.69, 9.17) is 0 Å². The van der Waals surface area contributed by atoms with E-state index in [0.717, 1.165) is 11.1 Å². The van der Waals surface area contributed by atoms with Gasteiger partial charge in [0.2, 0.25) is 23.6 Å². The van der Waals surface area contributed by atoms with Gasteiger partial charge in [0, 0.05) is 0 Å². The summed E-state index contributed by atoms with van der Waals surface area (Å²) in [7, 11) is 3.12. The number of nitrogens with one attached hydrogen (secondary N) is 6. The lowest BCUT2D eigenvalue weighted by Gasteiger charge is -2.21. The summed E-state index contributed by atoms with van der Waals surface area (Å²) in [5.74, 6) is -3.89. The van der Waals surface area contributed by atoms with Gasteiger partial charge in [0.05, 0.1) is 31.8 Å². The van der Waals surface area contributed by atoms with Crippen LogP contribution in [-0.2, 0) is 36.8 Å². The molecule has 42 heavy (non-hydrogen) atoms. The van der Waals surface area contributed by atoms with E-state index in [1.54, 1.807) is 26.2 Å². The van der Waals surface area contributed by atoms with E-state index in [1.807, 2.05) is 35.6 Å². The van der Waals surface area contributed by atoms with Crippen LogP contribution in [0.5, 0.6) is 5.75 Å². The molecule has 14 nitrogen and oxygen atoms in total. The maximum absolute atomic E-state index is 12.7. The Labute approximate surface area is 243 Å². The molecule has 5 amide bonds. The Morgan fingerprint density at radius 1 is 0.643 bits per heavy atom. The summed E-state index contributed by atoms with van der Waals surface area (Å²) in [6, 6.07) is 11.1. The summed E-state index contributed by atoms with van der Waals surface area (Å²) in [6.45, 7) is -2.23. The van der Waals surface area contributed by atoms with Gasteiger partial charge in [-0.05, 0) is 50.2 Å². The van der Waals surface area contributed by atoms with E-state index in [1.165, 1.54) is 12.1 Å². The third-order valence-corrected chi connectivity index (χ3v) is 6.31. The Morgan fingerprint density at radius 3 is 1.60 bits per heavy atom. The molecule has 0 bridgehead atoms. The first-order chi connectivity index (χ1) is 20.1. The highest BCUT2D eigenvalue weighted by molar-refractivity contribution is 6.01. The number of hydrogen-bond donors (Lipinski definition) is 9. The standard InChI is InChI=1S/C28H38N6O8/c1-29-20(12-17-6-4-3-5-7-17)27(41)33-23(16-36)28(42)34-24(38)14-31-25(39)22(15-35)32-26(40)21(30-2)13-18-8-10-19(37)11-9-18/h3-11,20-23,29-30,35-37H,12-16H2,1-2H3,(H,31,39)(H,32,40)(H,33,41)(H,34,38,42)/t20-,21-,22+,23+/m0/s1. The zero-order chi connectivity index (χ0) is 31.1. The van der Waals surface area contributed by atoms with Gasteiger partial charge in [-0.25, -0.2) is 0 Å². The average Bonchev–Trinajstić information content (AvgIpc) is 2.99. The number of carbonyl (C=O) groups excluding carboxylic acids is 5. The van der Waals surface area contributed by atoms with Gasteiger partial charge in [0.15, 0.2) is 0 Å². The van der Waals surface area contributed by atoms with Crippen molar-refractivity contribution in [3.8, 4) is 5.75 Å². The van der Waals surface area contributed by atoms with Crippen molar-refractivity contribution in [2.24, 2.45) is 0 Å². The second kappa shape index (κ2) is 17.4. The van der Waals surface area contributed by atoms with Gasteiger partial charge in [0.25, 0.3) is 5.91 Å². The number of phenols is 1. The number of benzene rings is 2. The maximum Gasteiger partial charge on any atom is 0.251 e. The number of imide groups is 1. The summed E-state index contributed by atoms with van der Waals surface area (Å²) in [6.07, 6.45) is 0.555. The molecule has 228 valence electrons. The lowest BCUT2D eigenvalue weighted by atomic mass is 10.0. The van der Waals surface area contributed by atoms with E-state index in [0.29, 0.717) is 6.42 Å². The van der Waals surface area contributed by atoms with Gasteiger partial charge in [-0.15, -0.1) is 0 Å². The minimum Gasteiger partial charge on any atom is -0.508 e. The van der Waals surface area contributed by atoms with Crippen molar-refractivity contribution in [3.05, 3.63) is 65.7 Å². The number of rotatable bonds is 16. The van der Waals surface area contributed by atoms with E-state index < -0.39 is 73.5 Å². The van der Waals surface area contributed by atoms with E-state index in [9.17, 15) is 39.3 Å². The fourth-order valence-electron chi connectivity index (χ4n) is 3.86. The first kappa shape index (κ1) is 33.8. The number of aromatic hydroxyl groups is 1. The second-order valence-electron chi connectivity index (χ2n) is 9.36. The van der Waals surface area contributed by atoms with Gasteiger partial charge < -0.3 is 41.9 Å². The molecule has 0 fully saturated rings. The SMILES string of the molecule is CN[C@@H](Cc1ccc(O)cc1)C(=O)N[C@H](CO)C(=O)NCC(=O)NC(=O)[C@@H](CO)NC(=O)[C@H](Cc1ccccc1)NC. The lowest BCUT2D eigenvalue weighted by Crippen LogP contribution is -2.57. The Hall–Kier alpha value is -4.37. The normalized spacial score (nSPS) is 13.6.